The number of nitrogens with zero attached hydrogens (tertiary/aromatic N) is 5. The number of halogens is 1. The highest BCUT2D eigenvalue weighted by molar-refractivity contribution is 7.22. The van der Waals surface area contributed by atoms with E-state index in [-0.39, 0.29) is 23.7 Å². The van der Waals surface area contributed by atoms with Crippen molar-refractivity contribution < 1.29 is 4.79 Å². The maximum atomic E-state index is 13.5. The minimum atomic E-state index is -0.0569. The van der Waals surface area contributed by atoms with E-state index in [4.69, 9.17) is 11.6 Å². The van der Waals surface area contributed by atoms with E-state index in [0.717, 1.165) is 36.4 Å². The van der Waals surface area contributed by atoms with Crippen LogP contribution in [0.2, 0.25) is 5.02 Å². The molecule has 6 rings (SSSR count). The molecule has 2 amide bonds. The molecule has 2 aliphatic heterocycles. The lowest BCUT2D eigenvalue weighted by atomic mass is 9.75. The van der Waals surface area contributed by atoms with Crippen LogP contribution < -0.4 is 5.56 Å². The van der Waals surface area contributed by atoms with Gasteiger partial charge in [-0.25, -0.2) is 9.78 Å². The highest BCUT2D eigenvalue weighted by Gasteiger charge is 2.38. The summed E-state index contributed by atoms with van der Waals surface area (Å²) in [6.07, 6.45) is 8.57. The molecule has 1 aliphatic carbocycles. The summed E-state index contributed by atoms with van der Waals surface area (Å²) in [5.41, 5.74) is 2.18. The highest BCUT2D eigenvalue weighted by atomic mass is 35.5. The van der Waals surface area contributed by atoms with E-state index < -0.39 is 0 Å². The summed E-state index contributed by atoms with van der Waals surface area (Å²) < 4.78 is 2.39. The van der Waals surface area contributed by atoms with E-state index in [1.165, 1.54) is 37.0 Å². The van der Waals surface area contributed by atoms with Crippen LogP contribution in [-0.4, -0.2) is 75.6 Å². The molecule has 208 valence electrons. The first kappa shape index (κ1) is 26.8. The van der Waals surface area contributed by atoms with Gasteiger partial charge >= 0.3 is 6.03 Å². The highest BCUT2D eigenvalue weighted by Crippen LogP contribution is 2.38. The average Bonchev–Trinajstić information content (AvgIpc) is 3.68. The second kappa shape index (κ2) is 10.5. The first-order valence-electron chi connectivity index (χ1n) is 14.2. The van der Waals surface area contributed by atoms with Crippen molar-refractivity contribution in [1.82, 2.24) is 24.3 Å². The third-order valence-corrected chi connectivity index (χ3v) is 10.7. The molecule has 3 aromatic rings. The molecule has 7 nitrogen and oxygen atoms in total. The largest absolute Gasteiger partial charge is 0.323 e. The predicted octanol–water partition coefficient (Wildman–Crippen LogP) is 6.12. The molecular weight excluding hydrogens is 530 g/mol. The van der Waals surface area contributed by atoms with Crippen molar-refractivity contribution in [3.05, 3.63) is 52.0 Å². The maximum absolute atomic E-state index is 13.5. The molecule has 1 saturated carbocycles. The summed E-state index contributed by atoms with van der Waals surface area (Å²) in [6.45, 7) is 8.02. The molecule has 4 heterocycles. The fraction of sp³-hybridized carbons (Fsp3) is 0.567. The summed E-state index contributed by atoms with van der Waals surface area (Å²) >= 11 is 7.50. The minimum absolute atomic E-state index is 0.0278. The Labute approximate surface area is 239 Å². The number of benzene rings is 1. The van der Waals surface area contributed by atoms with Crippen LogP contribution in [0.1, 0.15) is 58.4 Å². The Morgan fingerprint density at radius 2 is 1.79 bits per heavy atom. The number of likely N-dealkylation sites (N-methyl/N-ethyl adjacent to an activating group) is 1. The Morgan fingerprint density at radius 3 is 2.54 bits per heavy atom. The number of aromatic nitrogens is 2. The molecule has 9 heteroatoms. The van der Waals surface area contributed by atoms with Crippen LogP contribution in [0.3, 0.4) is 0 Å². The number of carbonyl (C=O) groups is 1. The van der Waals surface area contributed by atoms with Gasteiger partial charge in [0.1, 0.15) is 4.70 Å². The molecule has 0 N–H and O–H groups in total. The van der Waals surface area contributed by atoms with Crippen molar-refractivity contribution >= 4 is 39.2 Å². The second-order valence-electron chi connectivity index (χ2n) is 12.4. The van der Waals surface area contributed by atoms with Gasteiger partial charge < -0.3 is 9.80 Å². The third kappa shape index (κ3) is 5.35. The summed E-state index contributed by atoms with van der Waals surface area (Å²) in [5, 5.41) is 0.685. The number of thiophene rings is 1. The first-order valence-corrected chi connectivity index (χ1v) is 15.4. The number of carbonyl (C=O) groups excluding carboxylic acids is 1. The van der Waals surface area contributed by atoms with Crippen molar-refractivity contribution in [1.29, 1.82) is 0 Å². The van der Waals surface area contributed by atoms with Gasteiger partial charge in [-0.2, -0.15) is 0 Å². The van der Waals surface area contributed by atoms with Crippen LogP contribution in [0.15, 0.2) is 41.5 Å². The van der Waals surface area contributed by atoms with Gasteiger partial charge in [-0.05, 0) is 67.7 Å². The lowest BCUT2D eigenvalue weighted by molar-refractivity contribution is 0.116. The normalized spacial score (nSPS) is 24.1. The Morgan fingerprint density at radius 1 is 1.05 bits per heavy atom. The molecule has 2 aromatic heterocycles. The smallest absolute Gasteiger partial charge is 0.320 e. The van der Waals surface area contributed by atoms with Gasteiger partial charge in [0.05, 0.1) is 17.9 Å². The summed E-state index contributed by atoms with van der Waals surface area (Å²) in [5.74, 6) is 0. The molecule has 0 unspecified atom stereocenters. The molecule has 39 heavy (non-hydrogen) atoms. The molecule has 0 bridgehead atoms. The fourth-order valence-corrected chi connectivity index (χ4v) is 7.81. The second-order valence-corrected chi connectivity index (χ2v) is 13.9. The minimum Gasteiger partial charge on any atom is -0.323 e. The third-order valence-electron chi connectivity index (χ3n) is 9.29. The number of hydrogen-bond acceptors (Lipinski definition) is 5. The zero-order valence-electron chi connectivity index (χ0n) is 23.1. The lowest BCUT2D eigenvalue weighted by Crippen LogP contribution is -2.47. The monoisotopic (exact) mass is 567 g/mol. The fourth-order valence-electron chi connectivity index (χ4n) is 6.63. The zero-order valence-corrected chi connectivity index (χ0v) is 24.7. The van der Waals surface area contributed by atoms with Gasteiger partial charge in [0, 0.05) is 55.2 Å². The molecule has 2 saturated heterocycles. The molecule has 3 aliphatic rings. The maximum Gasteiger partial charge on any atom is 0.320 e. The number of hydrogen-bond donors (Lipinski definition) is 0. The van der Waals surface area contributed by atoms with Crippen LogP contribution in [0, 0.1) is 5.41 Å². The van der Waals surface area contributed by atoms with E-state index in [2.05, 4.69) is 23.7 Å². The van der Waals surface area contributed by atoms with Crippen molar-refractivity contribution in [2.45, 2.75) is 70.5 Å². The summed E-state index contributed by atoms with van der Waals surface area (Å²) in [4.78, 5) is 39.0. The van der Waals surface area contributed by atoms with E-state index in [1.54, 1.807) is 10.9 Å². The van der Waals surface area contributed by atoms with Gasteiger partial charge in [-0.3, -0.25) is 14.3 Å². The molecule has 0 spiro atoms. The quantitative estimate of drug-likeness (QED) is 0.381. The Kier molecular flexibility index (Phi) is 7.23. The Hall–Kier alpha value is -2.42. The van der Waals surface area contributed by atoms with Gasteiger partial charge in [-0.15, -0.1) is 11.3 Å². The predicted molar refractivity (Wildman–Crippen MR) is 159 cm³/mol. The molecule has 1 aromatic carbocycles. The van der Waals surface area contributed by atoms with Crippen molar-refractivity contribution in [3.8, 4) is 10.4 Å². The topological polar surface area (TPSA) is 61.7 Å². The number of amides is 2. The SMILES string of the molecule is CN(C(=O)N1CC[C@@H](n2cnc3cc(-c4ccc(Cl)cc4)sc3c2=O)C1)[C@H]1CCN(C2CCC(C)(C)CC2)C1. The summed E-state index contributed by atoms with van der Waals surface area (Å²) in [7, 11) is 1.96. The van der Waals surface area contributed by atoms with Crippen LogP contribution >= 0.6 is 22.9 Å². The molecule has 3 fully saturated rings. The van der Waals surface area contributed by atoms with Gasteiger partial charge in [0.2, 0.25) is 0 Å². The van der Waals surface area contributed by atoms with E-state index in [0.29, 0.717) is 39.8 Å². The van der Waals surface area contributed by atoms with Crippen LogP contribution in [-0.2, 0) is 0 Å². The van der Waals surface area contributed by atoms with Crippen molar-refractivity contribution in [3.63, 3.8) is 0 Å². The van der Waals surface area contributed by atoms with Gasteiger partial charge in [0.15, 0.2) is 0 Å². The Balaban J connectivity index is 1.10. The van der Waals surface area contributed by atoms with Crippen molar-refractivity contribution in [2.75, 3.05) is 33.2 Å². The Bertz CT molecular complexity index is 1410. The van der Waals surface area contributed by atoms with Gasteiger partial charge in [0.25, 0.3) is 5.56 Å². The van der Waals surface area contributed by atoms with E-state index in [9.17, 15) is 9.59 Å². The van der Waals surface area contributed by atoms with Crippen LogP contribution in [0.4, 0.5) is 4.79 Å². The average molecular weight is 568 g/mol. The zero-order chi connectivity index (χ0) is 27.3. The van der Waals surface area contributed by atoms with Gasteiger partial charge in [-0.1, -0.05) is 37.6 Å². The van der Waals surface area contributed by atoms with Crippen LogP contribution in [0.25, 0.3) is 20.7 Å². The lowest BCUT2D eigenvalue weighted by Gasteiger charge is -2.39. The summed E-state index contributed by atoms with van der Waals surface area (Å²) in [6, 6.07) is 10.5. The number of urea groups is 1. The van der Waals surface area contributed by atoms with Crippen LogP contribution in [0.5, 0.6) is 0 Å². The molecule has 0 radical (unpaired) electrons. The number of likely N-dealkylation sites (tertiary alicyclic amines) is 2. The molecular formula is C30H38ClN5O2S. The standard InChI is InChI=1S/C30H38ClN5O2S/c1-30(2)12-8-22(9-13-30)34-14-10-23(17-34)33(3)29(38)35-15-11-24(18-35)36-19-32-25-16-26(39-27(25)28(36)37)20-4-6-21(31)7-5-20/h4-7,16,19,22-24H,8-15,17-18H2,1-3H3/t23-,24+/m0/s1. The number of rotatable bonds is 4. The van der Waals surface area contributed by atoms with Crippen molar-refractivity contribution in [2.24, 2.45) is 5.41 Å². The molecule has 2 atom stereocenters. The number of fused-ring (bicyclic) bond motifs is 1. The van der Waals surface area contributed by atoms with E-state index in [1.807, 2.05) is 47.2 Å². The first-order chi connectivity index (χ1) is 18.7. The van der Waals surface area contributed by atoms with E-state index >= 15 is 0 Å².